The monoisotopic (exact) mass is 476 g/mol. The third-order valence-electron chi connectivity index (χ3n) is 6.86. The van der Waals surface area contributed by atoms with E-state index in [1.165, 1.54) is 31.2 Å². The van der Waals surface area contributed by atoms with Gasteiger partial charge in [-0.3, -0.25) is 9.89 Å². The van der Waals surface area contributed by atoms with Crippen molar-refractivity contribution in [3.8, 4) is 0 Å². The van der Waals surface area contributed by atoms with Gasteiger partial charge in [0.1, 0.15) is 18.1 Å². The molecule has 2 fully saturated rings. The fraction of sp³-hybridized carbons (Fsp3) is 0.417. The molecule has 35 heavy (non-hydrogen) atoms. The van der Waals surface area contributed by atoms with E-state index in [1.54, 1.807) is 4.90 Å². The van der Waals surface area contributed by atoms with Crippen LogP contribution in [0.4, 0.5) is 27.7 Å². The van der Waals surface area contributed by atoms with Gasteiger partial charge in [0.05, 0.1) is 17.6 Å². The molecule has 2 unspecified atom stereocenters. The SMILES string of the molecule is O=CC1CC(C(=O)Nc2ccc(F)nc2)N(c2nc3c(c(Nc4cc(C5CC5)[nH]n4)n2)CCC3)C1. The zero-order valence-corrected chi connectivity index (χ0v) is 19.0. The Labute approximate surface area is 200 Å². The Morgan fingerprint density at radius 2 is 2.11 bits per heavy atom. The molecule has 0 aromatic carbocycles. The summed E-state index contributed by atoms with van der Waals surface area (Å²) in [6.07, 6.45) is 7.52. The van der Waals surface area contributed by atoms with Gasteiger partial charge in [0.2, 0.25) is 17.8 Å². The molecule has 11 heteroatoms. The quantitative estimate of drug-likeness (QED) is 0.351. The number of H-pyrrole nitrogens is 1. The van der Waals surface area contributed by atoms with Gasteiger partial charge in [-0.15, -0.1) is 0 Å². The van der Waals surface area contributed by atoms with Crippen LogP contribution in [0.2, 0.25) is 0 Å². The summed E-state index contributed by atoms with van der Waals surface area (Å²) in [5.41, 5.74) is 3.52. The van der Waals surface area contributed by atoms with E-state index >= 15 is 0 Å². The van der Waals surface area contributed by atoms with E-state index in [9.17, 15) is 14.0 Å². The highest BCUT2D eigenvalue weighted by Crippen LogP contribution is 2.40. The predicted octanol–water partition coefficient (Wildman–Crippen LogP) is 2.88. The second kappa shape index (κ2) is 8.71. The van der Waals surface area contributed by atoms with E-state index in [1.807, 2.05) is 6.07 Å². The largest absolute Gasteiger partial charge is 0.328 e. The minimum Gasteiger partial charge on any atom is -0.328 e. The van der Waals surface area contributed by atoms with Crippen molar-refractivity contribution in [2.75, 3.05) is 22.1 Å². The lowest BCUT2D eigenvalue weighted by atomic mass is 10.1. The predicted molar refractivity (Wildman–Crippen MR) is 126 cm³/mol. The average Bonchev–Trinajstić information content (AvgIpc) is 3.24. The number of pyridine rings is 1. The number of carbonyl (C=O) groups is 2. The molecular formula is C24H25FN8O2. The van der Waals surface area contributed by atoms with Crippen LogP contribution in [0.25, 0.3) is 0 Å². The number of hydrogen-bond acceptors (Lipinski definition) is 8. The number of aromatic amines is 1. The van der Waals surface area contributed by atoms with Gasteiger partial charge in [0.15, 0.2) is 5.82 Å². The molecule has 180 valence electrons. The molecule has 2 aliphatic carbocycles. The fourth-order valence-corrected chi connectivity index (χ4v) is 4.89. The van der Waals surface area contributed by atoms with Crippen LogP contribution < -0.4 is 15.5 Å². The summed E-state index contributed by atoms with van der Waals surface area (Å²) >= 11 is 0. The van der Waals surface area contributed by atoms with E-state index in [0.29, 0.717) is 42.2 Å². The number of nitrogens with one attached hydrogen (secondary N) is 3. The average molecular weight is 477 g/mol. The molecule has 1 saturated heterocycles. The zero-order valence-electron chi connectivity index (χ0n) is 19.0. The van der Waals surface area contributed by atoms with Crippen LogP contribution in [-0.4, -0.2) is 49.9 Å². The second-order valence-corrected chi connectivity index (χ2v) is 9.42. The minimum atomic E-state index is -0.644. The molecule has 3 aromatic heterocycles. The van der Waals surface area contributed by atoms with Crippen molar-refractivity contribution in [1.82, 2.24) is 25.1 Å². The van der Waals surface area contributed by atoms with Crippen LogP contribution in [0.15, 0.2) is 24.4 Å². The summed E-state index contributed by atoms with van der Waals surface area (Å²) in [6, 6.07) is 4.01. The first kappa shape index (κ1) is 21.6. The molecule has 3 N–H and O–H groups in total. The van der Waals surface area contributed by atoms with Gasteiger partial charge >= 0.3 is 0 Å². The van der Waals surface area contributed by atoms with Crippen molar-refractivity contribution in [3.05, 3.63) is 47.3 Å². The lowest BCUT2D eigenvalue weighted by Gasteiger charge is -2.25. The molecule has 4 heterocycles. The molecule has 1 aliphatic heterocycles. The summed E-state index contributed by atoms with van der Waals surface area (Å²) in [7, 11) is 0. The molecule has 2 atom stereocenters. The van der Waals surface area contributed by atoms with Crippen molar-refractivity contribution in [3.63, 3.8) is 0 Å². The van der Waals surface area contributed by atoms with Crippen LogP contribution in [0, 0.1) is 11.9 Å². The van der Waals surface area contributed by atoms with Crippen molar-refractivity contribution in [1.29, 1.82) is 0 Å². The van der Waals surface area contributed by atoms with Gasteiger partial charge in [-0.1, -0.05) is 0 Å². The number of amides is 1. The summed E-state index contributed by atoms with van der Waals surface area (Å²) in [6.45, 7) is 0.343. The Hall–Kier alpha value is -3.89. The Morgan fingerprint density at radius 1 is 1.23 bits per heavy atom. The normalized spacial score (nSPS) is 21.1. The Morgan fingerprint density at radius 3 is 2.89 bits per heavy atom. The Kier molecular flexibility index (Phi) is 5.39. The van der Waals surface area contributed by atoms with E-state index in [2.05, 4.69) is 25.8 Å². The first-order valence-corrected chi connectivity index (χ1v) is 11.9. The molecule has 10 nitrogen and oxygen atoms in total. The molecular weight excluding hydrogens is 451 g/mol. The molecule has 6 rings (SSSR count). The number of halogens is 1. The second-order valence-electron chi connectivity index (χ2n) is 9.42. The number of anilines is 4. The molecule has 0 radical (unpaired) electrons. The first-order chi connectivity index (χ1) is 17.1. The summed E-state index contributed by atoms with van der Waals surface area (Å²) in [4.78, 5) is 39.7. The third kappa shape index (κ3) is 4.33. The van der Waals surface area contributed by atoms with E-state index in [0.717, 1.165) is 42.5 Å². The molecule has 0 spiro atoms. The Balaban J connectivity index is 1.29. The summed E-state index contributed by atoms with van der Waals surface area (Å²) in [5, 5.41) is 13.6. The van der Waals surface area contributed by atoms with Crippen LogP contribution in [0.5, 0.6) is 0 Å². The molecule has 0 bridgehead atoms. The van der Waals surface area contributed by atoms with Gasteiger partial charge in [-0.2, -0.15) is 14.5 Å². The number of rotatable bonds is 7. The number of aldehydes is 1. The van der Waals surface area contributed by atoms with Crippen molar-refractivity contribution < 1.29 is 14.0 Å². The maximum absolute atomic E-state index is 13.2. The van der Waals surface area contributed by atoms with Crippen LogP contribution >= 0.6 is 0 Å². The van der Waals surface area contributed by atoms with E-state index < -0.39 is 12.0 Å². The number of aromatic nitrogens is 5. The molecule has 1 saturated carbocycles. The van der Waals surface area contributed by atoms with Crippen molar-refractivity contribution in [2.24, 2.45) is 5.92 Å². The van der Waals surface area contributed by atoms with Crippen molar-refractivity contribution in [2.45, 2.75) is 50.5 Å². The van der Waals surface area contributed by atoms with E-state index in [-0.39, 0.29) is 11.8 Å². The summed E-state index contributed by atoms with van der Waals surface area (Å²) in [5.74, 6) is 1.10. The van der Waals surface area contributed by atoms with E-state index in [4.69, 9.17) is 9.97 Å². The highest BCUT2D eigenvalue weighted by molar-refractivity contribution is 5.97. The van der Waals surface area contributed by atoms with Gasteiger partial charge < -0.3 is 20.3 Å². The number of aryl methyl sites for hydroxylation is 1. The Bertz CT molecular complexity index is 1270. The third-order valence-corrected chi connectivity index (χ3v) is 6.86. The number of carbonyl (C=O) groups excluding carboxylic acids is 2. The fourth-order valence-electron chi connectivity index (χ4n) is 4.89. The first-order valence-electron chi connectivity index (χ1n) is 11.9. The van der Waals surface area contributed by atoms with Gasteiger partial charge in [-0.05, 0) is 50.7 Å². The minimum absolute atomic E-state index is 0.317. The van der Waals surface area contributed by atoms with Crippen LogP contribution in [0.3, 0.4) is 0 Å². The maximum atomic E-state index is 13.2. The molecule has 3 aromatic rings. The number of fused-ring (bicyclic) bond motifs is 1. The molecule has 1 amide bonds. The molecule has 3 aliphatic rings. The van der Waals surface area contributed by atoms with Crippen LogP contribution in [-0.2, 0) is 22.4 Å². The van der Waals surface area contributed by atoms with Crippen LogP contribution in [0.1, 0.15) is 48.6 Å². The van der Waals surface area contributed by atoms with Crippen molar-refractivity contribution >= 4 is 35.5 Å². The maximum Gasteiger partial charge on any atom is 0.247 e. The number of nitrogens with zero attached hydrogens (tertiary/aromatic N) is 5. The number of hydrogen-bond donors (Lipinski definition) is 3. The standard InChI is InChI=1S/C24H25FN8O2/c25-20-7-6-15(10-26-20)27-23(35)19-8-13(12-34)11-33(19)24-28-17-3-1-2-16(17)22(30-24)29-21-9-18(31-32-21)14-4-5-14/h6-7,9-10,12-14,19H,1-5,8,11H2,(H,27,35)(H2,28,29,30,31,32). The lowest BCUT2D eigenvalue weighted by molar-refractivity contribution is -0.117. The highest BCUT2D eigenvalue weighted by Gasteiger charge is 2.39. The topological polar surface area (TPSA) is 129 Å². The van der Waals surface area contributed by atoms with Gasteiger partial charge in [0, 0.05) is 35.7 Å². The zero-order chi connectivity index (χ0) is 23.9. The highest BCUT2D eigenvalue weighted by atomic mass is 19.1. The lowest BCUT2D eigenvalue weighted by Crippen LogP contribution is -2.40. The smallest absolute Gasteiger partial charge is 0.247 e. The van der Waals surface area contributed by atoms with Gasteiger partial charge in [0.25, 0.3) is 0 Å². The van der Waals surface area contributed by atoms with Gasteiger partial charge in [-0.25, -0.2) is 9.97 Å². The summed E-state index contributed by atoms with van der Waals surface area (Å²) < 4.78 is 13.2.